The van der Waals surface area contributed by atoms with E-state index in [0.717, 1.165) is 15.8 Å². The minimum atomic E-state index is -2.18. The molecule has 0 aromatic carbocycles. The Kier molecular flexibility index (Phi) is 5.34. The molecule has 0 saturated heterocycles. The zero-order valence-corrected chi connectivity index (χ0v) is 8.98. The van der Waals surface area contributed by atoms with Crippen LogP contribution in [0.25, 0.3) is 0 Å². The van der Waals surface area contributed by atoms with Crippen LogP contribution in [-0.4, -0.2) is 18.9 Å². The molecule has 0 amide bonds. The Hall–Kier alpha value is 0.423. The average molecular weight is 209 g/mol. The third kappa shape index (κ3) is 2.58. The van der Waals surface area contributed by atoms with Crippen LogP contribution < -0.4 is 0 Å². The van der Waals surface area contributed by atoms with Crippen LogP contribution in [0.15, 0.2) is 0 Å². The van der Waals surface area contributed by atoms with Crippen molar-refractivity contribution >= 4 is 13.6 Å². The molecule has 0 heterocycles. The molecule has 0 rings (SSSR count). The minimum absolute atomic E-state index is 1.04. The van der Waals surface area contributed by atoms with E-state index in [4.69, 9.17) is 9.17 Å². The van der Waals surface area contributed by atoms with Gasteiger partial charge in [0.1, 0.15) is 0 Å². The van der Waals surface area contributed by atoms with E-state index in [-0.39, 0.29) is 0 Å². The molecular formula is C6H16GeO3. The van der Waals surface area contributed by atoms with Gasteiger partial charge in [-0.2, -0.15) is 0 Å². The molecule has 4 heteroatoms. The number of rotatable bonds is 5. The molecule has 0 saturated carbocycles. The summed E-state index contributed by atoms with van der Waals surface area (Å²) < 4.78 is 4.92. The molecule has 1 N–H and O–H groups in total. The average Bonchev–Trinajstić information content (AvgIpc) is 2.01. The first kappa shape index (κ1) is 10.4. The predicted octanol–water partition coefficient (Wildman–Crippen LogP) is 2.41. The topological polar surface area (TPSA) is 38.7 Å². The van der Waals surface area contributed by atoms with Gasteiger partial charge in [0.05, 0.1) is 0 Å². The summed E-state index contributed by atoms with van der Waals surface area (Å²) in [5.74, 6) is 0. The van der Waals surface area contributed by atoms with Crippen LogP contribution in [0.1, 0.15) is 20.8 Å². The van der Waals surface area contributed by atoms with Crippen LogP contribution in [0, 0.1) is 0 Å². The molecule has 0 unspecified atom stereocenters. The molecule has 3 nitrogen and oxygen atoms in total. The second kappa shape index (κ2) is 5.12. The first-order valence-corrected chi connectivity index (χ1v) is 9.04. The SMILES string of the molecule is C[CH2][Ge]([CH2]C)([CH2]C)[O]OO. The van der Waals surface area contributed by atoms with Crippen molar-refractivity contribution in [3.05, 3.63) is 0 Å². The van der Waals surface area contributed by atoms with Gasteiger partial charge in [-0.15, -0.1) is 0 Å². The monoisotopic (exact) mass is 210 g/mol. The van der Waals surface area contributed by atoms with E-state index in [2.05, 4.69) is 25.8 Å². The summed E-state index contributed by atoms with van der Waals surface area (Å²) in [5, 5.41) is 15.0. The van der Waals surface area contributed by atoms with Crippen molar-refractivity contribution in [1.82, 2.24) is 0 Å². The van der Waals surface area contributed by atoms with Crippen molar-refractivity contribution in [3.63, 3.8) is 0 Å². The standard InChI is InChI=1S/C6H16GeO3/c1-4-7(5-2,6-3)9-10-8/h8H,4-6H2,1-3H3. The first-order valence-electron chi connectivity index (χ1n) is 3.74. The van der Waals surface area contributed by atoms with Gasteiger partial charge >= 0.3 is 64.3 Å². The normalized spacial score (nSPS) is 12.0. The molecule has 0 aromatic heterocycles. The van der Waals surface area contributed by atoms with Gasteiger partial charge in [0.15, 0.2) is 0 Å². The first-order chi connectivity index (χ1) is 4.74. The fourth-order valence-corrected chi connectivity index (χ4v) is 5.23. The van der Waals surface area contributed by atoms with Crippen LogP contribution in [0.3, 0.4) is 0 Å². The van der Waals surface area contributed by atoms with Crippen LogP contribution >= 0.6 is 0 Å². The maximum atomic E-state index is 8.12. The van der Waals surface area contributed by atoms with E-state index in [9.17, 15) is 0 Å². The van der Waals surface area contributed by atoms with E-state index < -0.39 is 13.6 Å². The Morgan fingerprint density at radius 3 is 1.60 bits per heavy atom. The molecule has 0 aliphatic carbocycles. The second-order valence-electron chi connectivity index (χ2n) is 2.40. The molecule has 0 fully saturated rings. The van der Waals surface area contributed by atoms with Gasteiger partial charge in [-0.3, -0.25) is 0 Å². The Morgan fingerprint density at radius 2 is 1.50 bits per heavy atom. The van der Waals surface area contributed by atoms with Crippen molar-refractivity contribution in [3.8, 4) is 0 Å². The van der Waals surface area contributed by atoms with Gasteiger partial charge in [-0.1, -0.05) is 0 Å². The van der Waals surface area contributed by atoms with Crippen molar-refractivity contribution in [2.45, 2.75) is 36.5 Å². The number of hydrogen-bond donors (Lipinski definition) is 1. The fraction of sp³-hybridized carbons (Fsp3) is 1.00. The van der Waals surface area contributed by atoms with Crippen LogP contribution in [-0.2, 0) is 8.95 Å². The summed E-state index contributed by atoms with van der Waals surface area (Å²) in [6.45, 7) is 6.27. The zero-order chi connectivity index (χ0) is 8.04. The van der Waals surface area contributed by atoms with Gasteiger partial charge in [-0.05, 0) is 0 Å². The summed E-state index contributed by atoms with van der Waals surface area (Å²) in [6, 6.07) is 0. The molecule has 0 aliphatic heterocycles. The quantitative estimate of drug-likeness (QED) is 0.429. The molecule has 0 spiro atoms. The molecule has 0 aliphatic rings. The molecular weight excluding hydrogens is 193 g/mol. The summed E-state index contributed by atoms with van der Waals surface area (Å²) in [7, 11) is 0. The van der Waals surface area contributed by atoms with Gasteiger partial charge in [-0.25, -0.2) is 0 Å². The van der Waals surface area contributed by atoms with E-state index in [1.807, 2.05) is 0 Å². The van der Waals surface area contributed by atoms with E-state index in [0.29, 0.717) is 0 Å². The summed E-state index contributed by atoms with van der Waals surface area (Å²) in [6.07, 6.45) is 0. The Bertz CT molecular complexity index is 74.8. The third-order valence-corrected chi connectivity index (χ3v) is 11.2. The van der Waals surface area contributed by atoms with Gasteiger partial charge in [0.25, 0.3) is 0 Å². The molecule has 62 valence electrons. The van der Waals surface area contributed by atoms with Crippen molar-refractivity contribution in [2.75, 3.05) is 0 Å². The van der Waals surface area contributed by atoms with E-state index in [1.165, 1.54) is 0 Å². The van der Waals surface area contributed by atoms with Crippen molar-refractivity contribution in [2.24, 2.45) is 0 Å². The van der Waals surface area contributed by atoms with Crippen LogP contribution in [0.5, 0.6) is 0 Å². The van der Waals surface area contributed by atoms with Crippen molar-refractivity contribution in [1.29, 1.82) is 0 Å². The fourth-order valence-electron chi connectivity index (χ4n) is 1.01. The second-order valence-corrected chi connectivity index (χ2v) is 12.2. The predicted molar refractivity (Wildman–Crippen MR) is 42.0 cm³/mol. The van der Waals surface area contributed by atoms with Gasteiger partial charge < -0.3 is 0 Å². The number of hydrogen-bond acceptors (Lipinski definition) is 3. The van der Waals surface area contributed by atoms with E-state index in [1.54, 1.807) is 0 Å². The zero-order valence-electron chi connectivity index (χ0n) is 6.89. The van der Waals surface area contributed by atoms with Gasteiger partial charge in [0.2, 0.25) is 0 Å². The summed E-state index contributed by atoms with van der Waals surface area (Å²) in [4.78, 5) is 0. The van der Waals surface area contributed by atoms with Crippen molar-refractivity contribution < 1.29 is 14.2 Å². The Labute approximate surface area is 64.9 Å². The molecule has 0 atom stereocenters. The van der Waals surface area contributed by atoms with Crippen LogP contribution in [0.4, 0.5) is 0 Å². The third-order valence-electron chi connectivity index (χ3n) is 2.15. The molecule has 0 bridgehead atoms. The van der Waals surface area contributed by atoms with E-state index >= 15 is 0 Å². The maximum absolute atomic E-state index is 8.12. The van der Waals surface area contributed by atoms with Crippen LogP contribution in [0.2, 0.25) is 15.8 Å². The summed E-state index contributed by atoms with van der Waals surface area (Å²) >= 11 is -2.18. The molecule has 0 aromatic rings. The molecule has 10 heavy (non-hydrogen) atoms. The summed E-state index contributed by atoms with van der Waals surface area (Å²) in [5.41, 5.74) is 0. The van der Waals surface area contributed by atoms with Gasteiger partial charge in [0, 0.05) is 0 Å². The Morgan fingerprint density at radius 1 is 1.10 bits per heavy atom. The molecule has 0 radical (unpaired) electrons. The Balaban J connectivity index is 3.87.